The van der Waals surface area contributed by atoms with E-state index in [1.807, 2.05) is 14.0 Å². The van der Waals surface area contributed by atoms with Gasteiger partial charge in [0.15, 0.2) is 0 Å². The molecule has 8 heavy (non-hydrogen) atoms. The van der Waals surface area contributed by atoms with Crippen molar-refractivity contribution >= 4 is 0 Å². The Morgan fingerprint density at radius 3 is 1.88 bits per heavy atom. The molecular formula is C6H15NO. The molecule has 0 fully saturated rings. The Bertz CT molecular complexity index is 65.4. The first-order valence-electron chi connectivity index (χ1n) is 2.88. The summed E-state index contributed by atoms with van der Waals surface area (Å²) in [7, 11) is 1.84. The lowest BCUT2D eigenvalue weighted by Crippen LogP contribution is -2.42. The highest BCUT2D eigenvalue weighted by molar-refractivity contribution is 4.77. The molecule has 0 radical (unpaired) electrons. The van der Waals surface area contributed by atoms with E-state index in [-0.39, 0.29) is 6.04 Å². The van der Waals surface area contributed by atoms with Crippen LogP contribution in [0.3, 0.4) is 0 Å². The fraction of sp³-hybridized carbons (Fsp3) is 1.00. The summed E-state index contributed by atoms with van der Waals surface area (Å²) in [6.07, 6.45) is 0. The zero-order chi connectivity index (χ0) is 6.78. The van der Waals surface area contributed by atoms with Crippen molar-refractivity contribution in [3.63, 3.8) is 0 Å². The van der Waals surface area contributed by atoms with Crippen molar-refractivity contribution in [2.24, 2.45) is 0 Å². The van der Waals surface area contributed by atoms with Crippen LogP contribution in [0.1, 0.15) is 20.8 Å². The lowest BCUT2D eigenvalue weighted by Gasteiger charge is -2.24. The van der Waals surface area contributed by atoms with Gasteiger partial charge in [-0.25, -0.2) is 0 Å². The van der Waals surface area contributed by atoms with Crippen molar-refractivity contribution in [2.75, 3.05) is 7.05 Å². The maximum absolute atomic E-state index is 9.22. The predicted octanol–water partition coefficient (Wildman–Crippen LogP) is 0.365. The maximum atomic E-state index is 9.22. The lowest BCUT2D eigenvalue weighted by atomic mass is 10.0. The Kier molecular flexibility index (Phi) is 2.44. The average Bonchev–Trinajstić information content (AvgIpc) is 1.62. The van der Waals surface area contributed by atoms with E-state index in [1.165, 1.54) is 0 Å². The smallest absolute Gasteiger partial charge is 0.0741 e. The van der Waals surface area contributed by atoms with Crippen molar-refractivity contribution in [3.8, 4) is 0 Å². The van der Waals surface area contributed by atoms with E-state index < -0.39 is 5.60 Å². The summed E-state index contributed by atoms with van der Waals surface area (Å²) in [5.74, 6) is 0. The Labute approximate surface area is 50.9 Å². The van der Waals surface area contributed by atoms with Gasteiger partial charge in [0.2, 0.25) is 0 Å². The molecule has 0 unspecified atom stereocenters. The van der Waals surface area contributed by atoms with Gasteiger partial charge < -0.3 is 10.4 Å². The highest BCUT2D eigenvalue weighted by Gasteiger charge is 2.19. The molecule has 0 bridgehead atoms. The van der Waals surface area contributed by atoms with Crippen molar-refractivity contribution < 1.29 is 5.11 Å². The molecule has 0 aliphatic rings. The third-order valence-corrected chi connectivity index (χ3v) is 1.49. The van der Waals surface area contributed by atoms with E-state index in [1.54, 1.807) is 13.8 Å². The normalized spacial score (nSPS) is 16.1. The molecule has 0 heterocycles. The van der Waals surface area contributed by atoms with Gasteiger partial charge in [-0.05, 0) is 27.8 Å². The van der Waals surface area contributed by atoms with Gasteiger partial charge >= 0.3 is 0 Å². The zero-order valence-electron chi connectivity index (χ0n) is 6.02. The summed E-state index contributed by atoms with van der Waals surface area (Å²) in [6.45, 7) is 5.52. The topological polar surface area (TPSA) is 32.3 Å². The number of hydrogen-bond donors (Lipinski definition) is 2. The zero-order valence-corrected chi connectivity index (χ0v) is 6.02. The van der Waals surface area contributed by atoms with E-state index in [0.29, 0.717) is 0 Å². The highest BCUT2D eigenvalue weighted by Crippen LogP contribution is 2.05. The van der Waals surface area contributed by atoms with Crippen LogP contribution in [-0.4, -0.2) is 23.8 Å². The molecule has 2 nitrogen and oxygen atoms in total. The minimum atomic E-state index is -0.602. The van der Waals surface area contributed by atoms with Crippen LogP contribution in [0.2, 0.25) is 0 Å². The summed E-state index contributed by atoms with van der Waals surface area (Å²) in [5.41, 5.74) is -0.602. The molecule has 50 valence electrons. The number of aliphatic hydroxyl groups is 1. The lowest BCUT2D eigenvalue weighted by molar-refractivity contribution is 0.0472. The molecule has 2 N–H and O–H groups in total. The third kappa shape index (κ3) is 2.28. The molecule has 0 amide bonds. The molecule has 0 aromatic heterocycles. The fourth-order valence-corrected chi connectivity index (χ4v) is 0.353. The van der Waals surface area contributed by atoms with Crippen molar-refractivity contribution in [1.82, 2.24) is 5.32 Å². The third-order valence-electron chi connectivity index (χ3n) is 1.49. The summed E-state index contributed by atoms with van der Waals surface area (Å²) in [5, 5.41) is 12.2. The molecule has 0 saturated heterocycles. The minimum Gasteiger partial charge on any atom is -0.389 e. The van der Waals surface area contributed by atoms with Crippen molar-refractivity contribution in [3.05, 3.63) is 0 Å². The van der Waals surface area contributed by atoms with E-state index in [4.69, 9.17) is 0 Å². The first-order chi connectivity index (χ1) is 3.48. The first kappa shape index (κ1) is 7.92. The molecule has 0 rings (SSSR count). The molecule has 0 aromatic rings. The van der Waals surface area contributed by atoms with Crippen LogP contribution in [0.4, 0.5) is 0 Å². The van der Waals surface area contributed by atoms with Crippen molar-refractivity contribution in [1.29, 1.82) is 0 Å². The van der Waals surface area contributed by atoms with Crippen LogP contribution in [0.5, 0.6) is 0 Å². The van der Waals surface area contributed by atoms with Gasteiger partial charge in [-0.1, -0.05) is 0 Å². The number of likely N-dealkylation sites (N-methyl/N-ethyl adjacent to an activating group) is 1. The second kappa shape index (κ2) is 2.46. The van der Waals surface area contributed by atoms with E-state index in [9.17, 15) is 5.11 Å². The molecule has 0 aromatic carbocycles. The molecular weight excluding hydrogens is 102 g/mol. The van der Waals surface area contributed by atoms with Gasteiger partial charge in [-0.2, -0.15) is 0 Å². The van der Waals surface area contributed by atoms with Crippen LogP contribution in [0.15, 0.2) is 0 Å². The van der Waals surface area contributed by atoms with Gasteiger partial charge in [0.25, 0.3) is 0 Å². The molecule has 0 spiro atoms. The largest absolute Gasteiger partial charge is 0.389 e. The second-order valence-corrected chi connectivity index (χ2v) is 2.66. The molecule has 0 aliphatic carbocycles. The highest BCUT2D eigenvalue weighted by atomic mass is 16.3. The van der Waals surface area contributed by atoms with Crippen molar-refractivity contribution in [2.45, 2.75) is 32.4 Å². The SMILES string of the molecule is CN[C@H](C)C(C)(C)O. The van der Waals surface area contributed by atoms with E-state index in [2.05, 4.69) is 5.32 Å². The van der Waals surface area contributed by atoms with Gasteiger partial charge in [-0.15, -0.1) is 0 Å². The molecule has 0 saturated carbocycles. The van der Waals surface area contributed by atoms with E-state index in [0.717, 1.165) is 0 Å². The number of hydrogen-bond acceptors (Lipinski definition) is 2. The predicted molar refractivity (Wildman–Crippen MR) is 34.8 cm³/mol. The Morgan fingerprint density at radius 2 is 1.88 bits per heavy atom. The van der Waals surface area contributed by atoms with E-state index >= 15 is 0 Å². The van der Waals surface area contributed by atoms with Crippen LogP contribution in [0.25, 0.3) is 0 Å². The van der Waals surface area contributed by atoms with Crippen LogP contribution < -0.4 is 5.32 Å². The maximum Gasteiger partial charge on any atom is 0.0741 e. The summed E-state index contributed by atoms with van der Waals surface area (Å²) < 4.78 is 0. The molecule has 2 heteroatoms. The molecule has 1 atom stereocenters. The van der Waals surface area contributed by atoms with Gasteiger partial charge in [-0.3, -0.25) is 0 Å². The first-order valence-corrected chi connectivity index (χ1v) is 2.88. The average molecular weight is 117 g/mol. The van der Waals surface area contributed by atoms with Gasteiger partial charge in [0.1, 0.15) is 0 Å². The fourth-order valence-electron chi connectivity index (χ4n) is 0.353. The summed E-state index contributed by atoms with van der Waals surface area (Å²) in [6, 6.07) is 0.155. The number of nitrogens with one attached hydrogen (secondary N) is 1. The van der Waals surface area contributed by atoms with Gasteiger partial charge in [0, 0.05) is 6.04 Å². The Morgan fingerprint density at radius 1 is 1.50 bits per heavy atom. The van der Waals surface area contributed by atoms with Crippen LogP contribution in [0, 0.1) is 0 Å². The summed E-state index contributed by atoms with van der Waals surface area (Å²) in [4.78, 5) is 0. The van der Waals surface area contributed by atoms with Crippen LogP contribution in [-0.2, 0) is 0 Å². The van der Waals surface area contributed by atoms with Gasteiger partial charge in [0.05, 0.1) is 5.60 Å². The molecule has 0 aliphatic heterocycles. The van der Waals surface area contributed by atoms with Crippen LogP contribution >= 0.6 is 0 Å². The quantitative estimate of drug-likeness (QED) is 0.547. The minimum absolute atomic E-state index is 0.155. The monoisotopic (exact) mass is 117 g/mol. The summed E-state index contributed by atoms with van der Waals surface area (Å²) >= 11 is 0. The Balaban J connectivity index is 3.62. The number of rotatable bonds is 2. The Hall–Kier alpha value is -0.0800. The standard InChI is InChI=1S/C6H15NO/c1-5(7-4)6(2,3)8/h5,7-8H,1-4H3/t5-/m1/s1. The second-order valence-electron chi connectivity index (χ2n) is 2.66.